The molecule has 10 atom stereocenters. The average molecular weight is 615 g/mol. The molecule has 2 saturated carbocycles. The van der Waals surface area contributed by atoms with E-state index in [1.807, 2.05) is 0 Å². The molecule has 6 nitrogen and oxygen atoms in total. The molecule has 2 aromatic carbocycles. The van der Waals surface area contributed by atoms with E-state index in [0.29, 0.717) is 23.9 Å². The van der Waals surface area contributed by atoms with Crippen molar-refractivity contribution < 1.29 is 19.2 Å². The molecular formula is C40H46N4O2+2. The van der Waals surface area contributed by atoms with Crippen LogP contribution in [0, 0.1) is 11.8 Å². The average Bonchev–Trinajstić information content (AvgIpc) is 3.73. The van der Waals surface area contributed by atoms with E-state index in [2.05, 4.69) is 97.0 Å². The molecule has 46 heavy (non-hydrogen) atoms. The van der Waals surface area contributed by atoms with Crippen molar-refractivity contribution in [2.75, 3.05) is 63.3 Å². The Balaban J connectivity index is 1.24. The first-order valence-corrected chi connectivity index (χ1v) is 17.8. The van der Waals surface area contributed by atoms with Crippen LogP contribution in [0.2, 0.25) is 0 Å². The highest BCUT2D eigenvalue weighted by atomic mass is 16.3. The molecule has 2 N–H and O–H groups in total. The quantitative estimate of drug-likeness (QED) is 0.390. The van der Waals surface area contributed by atoms with Crippen LogP contribution in [-0.4, -0.2) is 96.8 Å². The highest BCUT2D eigenvalue weighted by Gasteiger charge is 2.74. The van der Waals surface area contributed by atoms with E-state index in [0.717, 1.165) is 34.9 Å². The number of likely N-dealkylation sites (N-methyl/N-ethyl adjacent to an activating group) is 2. The maximum absolute atomic E-state index is 10.3. The van der Waals surface area contributed by atoms with E-state index < -0.39 is 0 Å². The molecule has 9 aliphatic rings. The van der Waals surface area contributed by atoms with Crippen LogP contribution in [0.25, 0.3) is 0 Å². The lowest BCUT2D eigenvalue weighted by Gasteiger charge is -2.58. The molecule has 7 heterocycles. The number of rotatable bonds is 2. The molecule has 2 aromatic rings. The first-order valence-electron chi connectivity index (χ1n) is 17.8. The van der Waals surface area contributed by atoms with Crippen molar-refractivity contribution >= 4 is 11.4 Å². The van der Waals surface area contributed by atoms with Gasteiger partial charge in [0.2, 0.25) is 0 Å². The van der Waals surface area contributed by atoms with Crippen LogP contribution < -0.4 is 9.80 Å². The van der Waals surface area contributed by atoms with Crippen LogP contribution in [0.15, 0.2) is 95.4 Å². The Morgan fingerprint density at radius 2 is 1.13 bits per heavy atom. The minimum atomic E-state index is 0.0790. The van der Waals surface area contributed by atoms with Crippen LogP contribution in [0.5, 0.6) is 0 Å². The summed E-state index contributed by atoms with van der Waals surface area (Å²) in [6.07, 6.45) is 14.4. The summed E-state index contributed by atoms with van der Waals surface area (Å²) in [6, 6.07) is 20.5. The van der Waals surface area contributed by atoms with Crippen LogP contribution in [-0.2, 0) is 10.8 Å². The number of hydrogen-bond acceptors (Lipinski definition) is 4. The first-order chi connectivity index (χ1) is 22.4. The van der Waals surface area contributed by atoms with Crippen LogP contribution in [0.3, 0.4) is 0 Å². The fourth-order valence-electron chi connectivity index (χ4n) is 13.8. The summed E-state index contributed by atoms with van der Waals surface area (Å²) in [5.74, 6) is 0.709. The molecule has 0 unspecified atom stereocenters. The van der Waals surface area contributed by atoms with Gasteiger partial charge < -0.3 is 29.0 Å². The van der Waals surface area contributed by atoms with Crippen molar-refractivity contribution in [3.05, 3.63) is 107 Å². The predicted molar refractivity (Wildman–Crippen MR) is 180 cm³/mol. The molecule has 7 aliphatic heterocycles. The van der Waals surface area contributed by atoms with Crippen LogP contribution in [0.1, 0.15) is 36.8 Å². The normalized spacial score (nSPS) is 48.6. The fraction of sp³-hybridized carbons (Fsp3) is 0.500. The van der Waals surface area contributed by atoms with Crippen LogP contribution in [0.4, 0.5) is 11.4 Å². The highest BCUT2D eigenvalue weighted by Crippen LogP contribution is 2.69. The summed E-state index contributed by atoms with van der Waals surface area (Å²) in [6.45, 7) is 4.70. The zero-order chi connectivity index (χ0) is 30.8. The molecule has 11 rings (SSSR count). The van der Waals surface area contributed by atoms with E-state index in [4.69, 9.17) is 0 Å². The summed E-state index contributed by atoms with van der Waals surface area (Å²) < 4.78 is 2.18. The SMILES string of the molecule is C[N@@+]12CC[C@]34c5ccccc5N5/C=C6\[C@@H]7N(/C=C(\[C@H]53)[C@H](C[C@@H]41)/C(=C\CO)C2)c1ccccc1[C@@]71CC[N@@+]2(C)C/C(=C/CO)[C@H]6C[C@@H]12. The minimum absolute atomic E-state index is 0.0790. The Bertz CT molecular complexity index is 1730. The summed E-state index contributed by atoms with van der Waals surface area (Å²) in [4.78, 5) is 5.55. The number of benzene rings is 2. The number of hydrogen-bond donors (Lipinski definition) is 2. The van der Waals surface area contributed by atoms with Gasteiger partial charge in [0.15, 0.2) is 0 Å². The Morgan fingerprint density at radius 3 is 1.57 bits per heavy atom. The zero-order valence-corrected chi connectivity index (χ0v) is 27.1. The van der Waals surface area contributed by atoms with Crippen molar-refractivity contribution in [2.24, 2.45) is 11.8 Å². The smallest absolute Gasteiger partial charge is 0.102 e. The predicted octanol–water partition coefficient (Wildman–Crippen LogP) is 4.36. The molecule has 0 radical (unpaired) electrons. The summed E-state index contributed by atoms with van der Waals surface area (Å²) >= 11 is 0. The summed E-state index contributed by atoms with van der Waals surface area (Å²) in [5, 5.41) is 20.6. The largest absolute Gasteiger partial charge is 0.392 e. The monoisotopic (exact) mass is 614 g/mol. The van der Waals surface area contributed by atoms with E-state index in [-0.39, 0.29) is 36.1 Å². The lowest BCUT2D eigenvalue weighted by molar-refractivity contribution is -0.924. The van der Waals surface area contributed by atoms with Gasteiger partial charge in [-0.05, 0) is 45.6 Å². The molecule has 6 heteroatoms. The molecule has 4 bridgehead atoms. The van der Waals surface area contributed by atoms with Gasteiger partial charge >= 0.3 is 0 Å². The van der Waals surface area contributed by atoms with Crippen molar-refractivity contribution in [3.63, 3.8) is 0 Å². The zero-order valence-electron chi connectivity index (χ0n) is 27.1. The molecule has 0 amide bonds. The summed E-state index contributed by atoms with van der Waals surface area (Å²) in [7, 11) is 5.01. The molecule has 236 valence electrons. The topological polar surface area (TPSA) is 46.9 Å². The maximum atomic E-state index is 10.3. The van der Waals surface area contributed by atoms with Gasteiger partial charge in [0.05, 0.1) is 63.3 Å². The molecule has 2 spiro atoms. The lowest BCUT2D eigenvalue weighted by atomic mass is 9.56. The number of piperidine rings is 2. The number of anilines is 2. The second kappa shape index (κ2) is 8.46. The second-order valence-corrected chi connectivity index (χ2v) is 16.7. The first kappa shape index (κ1) is 26.9. The molecule has 6 fully saturated rings. The van der Waals surface area contributed by atoms with E-state index >= 15 is 0 Å². The van der Waals surface area contributed by atoms with Crippen molar-refractivity contribution in [3.8, 4) is 0 Å². The maximum Gasteiger partial charge on any atom is 0.102 e. The standard InChI is InChI=1S/C40H46N4O2/c1-43-15-13-39-31-7-3-5-9-33(31)41-22-30-28-20-36-40(14-16-44(36,2)24-26(28)12-18-46)32-8-4-6-10-34(32)42(38(30)40)21-29(37(39)41)27(19-35(39)43)25(23-43)11-17-45/h3-12,21-22,27-28,35-38,45-46H,13-20,23-24H2,1-2H3/q+2/b25-11-,26-12-,29-21-,30-22-/t27-,28-,35+,36+,37+,38+,39-,40-,43+,44+/m1/s1. The Kier molecular flexibility index (Phi) is 4.94. The Morgan fingerprint density at radius 1 is 0.696 bits per heavy atom. The molecular weight excluding hydrogens is 568 g/mol. The van der Waals surface area contributed by atoms with Gasteiger partial charge in [-0.25, -0.2) is 0 Å². The van der Waals surface area contributed by atoms with Gasteiger partial charge in [0, 0.05) is 61.3 Å². The minimum Gasteiger partial charge on any atom is -0.392 e. The van der Waals surface area contributed by atoms with E-state index in [1.54, 1.807) is 22.3 Å². The van der Waals surface area contributed by atoms with Gasteiger partial charge in [0.25, 0.3) is 0 Å². The van der Waals surface area contributed by atoms with E-state index in [9.17, 15) is 10.2 Å². The third-order valence-corrected chi connectivity index (χ3v) is 15.3. The third-order valence-electron chi connectivity index (χ3n) is 15.3. The van der Waals surface area contributed by atoms with E-state index in [1.165, 1.54) is 48.5 Å². The Labute approximate surface area is 272 Å². The van der Waals surface area contributed by atoms with Crippen molar-refractivity contribution in [1.82, 2.24) is 0 Å². The number of nitrogens with zero attached hydrogens (tertiary/aromatic N) is 4. The van der Waals surface area contributed by atoms with Crippen molar-refractivity contribution in [1.29, 1.82) is 0 Å². The molecule has 4 saturated heterocycles. The summed E-state index contributed by atoms with van der Waals surface area (Å²) in [5.41, 5.74) is 12.1. The van der Waals surface area contributed by atoms with Gasteiger partial charge in [0.1, 0.15) is 25.2 Å². The number of quaternary nitrogens is 2. The fourth-order valence-corrected chi connectivity index (χ4v) is 13.8. The molecule has 2 aliphatic carbocycles. The van der Waals surface area contributed by atoms with Crippen molar-refractivity contribution in [2.45, 2.75) is 60.7 Å². The van der Waals surface area contributed by atoms with Crippen LogP contribution >= 0.6 is 0 Å². The number of aliphatic hydroxyl groups is 2. The lowest BCUT2D eigenvalue weighted by Crippen LogP contribution is -2.68. The number of aliphatic hydroxyl groups excluding tert-OH is 2. The van der Waals surface area contributed by atoms with Gasteiger partial charge in [-0.3, -0.25) is 0 Å². The number of para-hydroxylation sites is 2. The Hall–Kier alpha value is -3.16. The number of fused-ring (bicyclic) bond motifs is 8. The molecule has 0 aromatic heterocycles. The second-order valence-electron chi connectivity index (χ2n) is 16.7. The third kappa shape index (κ3) is 2.77. The van der Waals surface area contributed by atoms with Gasteiger partial charge in [-0.15, -0.1) is 0 Å². The van der Waals surface area contributed by atoms with Gasteiger partial charge in [-0.2, -0.15) is 0 Å². The highest BCUT2D eigenvalue weighted by molar-refractivity contribution is 5.77. The van der Waals surface area contributed by atoms with Gasteiger partial charge in [-0.1, -0.05) is 48.6 Å².